The van der Waals surface area contributed by atoms with Gasteiger partial charge in [-0.3, -0.25) is 14.2 Å². The van der Waals surface area contributed by atoms with E-state index in [2.05, 4.69) is 11.6 Å². The van der Waals surface area contributed by atoms with E-state index < -0.39 is 0 Å². The molecule has 1 amide bonds. The Hall–Kier alpha value is -2.03. The number of benzene rings is 1. The number of para-hydroxylation sites is 1. The maximum atomic E-state index is 12.9. The SMILES string of the molecule is C=CCn1c(SCC(=O)N2CCSc3ccccc32)nc2sccc2c1=O. The number of fused-ring (bicyclic) bond motifs is 2. The van der Waals surface area contributed by atoms with Crippen LogP contribution in [0.3, 0.4) is 0 Å². The number of rotatable bonds is 5. The first-order valence-electron chi connectivity index (χ1n) is 8.43. The smallest absolute Gasteiger partial charge is 0.263 e. The lowest BCUT2D eigenvalue weighted by molar-refractivity contribution is -0.116. The maximum absolute atomic E-state index is 12.9. The molecule has 0 fully saturated rings. The Bertz CT molecular complexity index is 1070. The number of allylic oxidation sites excluding steroid dienone is 1. The molecular formula is C19H17N3O2S3. The quantitative estimate of drug-likeness (QED) is 0.360. The predicted octanol–water partition coefficient (Wildman–Crippen LogP) is 3.88. The van der Waals surface area contributed by atoms with E-state index >= 15 is 0 Å². The largest absolute Gasteiger partial charge is 0.310 e. The van der Waals surface area contributed by atoms with Gasteiger partial charge in [-0.05, 0) is 23.6 Å². The lowest BCUT2D eigenvalue weighted by Crippen LogP contribution is -2.36. The molecule has 0 aliphatic carbocycles. The number of nitrogens with zero attached hydrogens (tertiary/aromatic N) is 3. The second-order valence-corrected chi connectivity index (χ2v) is 8.86. The second-order valence-electron chi connectivity index (χ2n) is 5.89. The standard InChI is InChI=1S/C19H17N3O2S3/c1-2-8-22-18(24)13-7-10-26-17(13)20-19(22)27-12-16(23)21-9-11-25-15-6-4-3-5-14(15)21/h2-7,10H,1,8-9,11-12H2. The first kappa shape index (κ1) is 18.3. The minimum atomic E-state index is -0.0872. The van der Waals surface area contributed by atoms with E-state index in [-0.39, 0.29) is 17.2 Å². The number of thioether (sulfide) groups is 2. The summed E-state index contributed by atoms with van der Waals surface area (Å²) in [6.07, 6.45) is 1.67. The summed E-state index contributed by atoms with van der Waals surface area (Å²) in [4.78, 5) is 33.8. The molecule has 3 aromatic rings. The molecule has 0 bridgehead atoms. The van der Waals surface area contributed by atoms with Crippen LogP contribution in [0, 0.1) is 0 Å². The highest BCUT2D eigenvalue weighted by Crippen LogP contribution is 2.34. The number of hydrogen-bond acceptors (Lipinski definition) is 6. The van der Waals surface area contributed by atoms with Crippen molar-refractivity contribution < 1.29 is 4.79 Å². The highest BCUT2D eigenvalue weighted by atomic mass is 32.2. The van der Waals surface area contributed by atoms with Crippen molar-refractivity contribution in [2.45, 2.75) is 16.6 Å². The fourth-order valence-corrected chi connectivity index (χ4v) is 5.65. The minimum absolute atomic E-state index is 0.0263. The third-order valence-corrected chi connectivity index (χ3v) is 7.03. The predicted molar refractivity (Wildman–Crippen MR) is 114 cm³/mol. The summed E-state index contributed by atoms with van der Waals surface area (Å²) in [7, 11) is 0. The second kappa shape index (κ2) is 7.92. The molecule has 0 unspecified atom stereocenters. The molecule has 0 saturated carbocycles. The van der Waals surface area contributed by atoms with E-state index in [0.717, 1.165) is 16.3 Å². The fraction of sp³-hybridized carbons (Fsp3) is 0.211. The van der Waals surface area contributed by atoms with Crippen molar-refractivity contribution in [2.75, 3.05) is 23.0 Å². The van der Waals surface area contributed by atoms with Crippen molar-refractivity contribution in [3.05, 3.63) is 58.7 Å². The van der Waals surface area contributed by atoms with Crippen molar-refractivity contribution >= 4 is 56.7 Å². The molecule has 0 radical (unpaired) electrons. The number of aromatic nitrogens is 2. The zero-order valence-corrected chi connectivity index (χ0v) is 16.9. The highest BCUT2D eigenvalue weighted by Gasteiger charge is 2.23. The third kappa shape index (κ3) is 3.56. The van der Waals surface area contributed by atoms with Crippen LogP contribution in [0.2, 0.25) is 0 Å². The molecule has 1 aromatic carbocycles. The summed E-state index contributed by atoms with van der Waals surface area (Å²) >= 11 is 4.51. The van der Waals surface area contributed by atoms with E-state index in [4.69, 9.17) is 0 Å². The lowest BCUT2D eigenvalue weighted by Gasteiger charge is -2.28. The van der Waals surface area contributed by atoms with Crippen LogP contribution >= 0.6 is 34.9 Å². The van der Waals surface area contributed by atoms with Crippen molar-refractivity contribution in [1.29, 1.82) is 0 Å². The van der Waals surface area contributed by atoms with Gasteiger partial charge in [0.1, 0.15) is 4.83 Å². The number of carbonyl (C=O) groups is 1. The molecule has 2 aromatic heterocycles. The van der Waals surface area contributed by atoms with Gasteiger partial charge in [-0.25, -0.2) is 4.98 Å². The van der Waals surface area contributed by atoms with Crippen LogP contribution < -0.4 is 10.5 Å². The molecule has 0 spiro atoms. The summed E-state index contributed by atoms with van der Waals surface area (Å²) in [5, 5.41) is 3.03. The average Bonchev–Trinajstić information content (AvgIpc) is 3.17. The van der Waals surface area contributed by atoms with Crippen molar-refractivity contribution in [2.24, 2.45) is 0 Å². The number of anilines is 1. The molecule has 0 atom stereocenters. The molecular weight excluding hydrogens is 398 g/mol. The number of carbonyl (C=O) groups excluding carboxylic acids is 1. The molecule has 27 heavy (non-hydrogen) atoms. The van der Waals surface area contributed by atoms with Crippen molar-refractivity contribution in [3.63, 3.8) is 0 Å². The molecule has 3 heterocycles. The van der Waals surface area contributed by atoms with Gasteiger partial charge in [0.15, 0.2) is 5.16 Å². The van der Waals surface area contributed by atoms with Crippen LogP contribution in [0.15, 0.2) is 63.2 Å². The molecule has 1 aliphatic rings. The zero-order valence-electron chi connectivity index (χ0n) is 14.5. The fourth-order valence-electron chi connectivity index (χ4n) is 2.96. The van der Waals surface area contributed by atoms with Gasteiger partial charge >= 0.3 is 0 Å². The Morgan fingerprint density at radius 3 is 3.04 bits per heavy atom. The highest BCUT2D eigenvalue weighted by molar-refractivity contribution is 8.00. The van der Waals surface area contributed by atoms with Gasteiger partial charge in [0.2, 0.25) is 5.91 Å². The Kier molecular flexibility index (Phi) is 5.38. The van der Waals surface area contributed by atoms with Crippen LogP contribution in [0.1, 0.15) is 0 Å². The molecule has 1 aliphatic heterocycles. The number of thiophene rings is 1. The van der Waals surface area contributed by atoms with Crippen LogP contribution in [0.5, 0.6) is 0 Å². The average molecular weight is 416 g/mol. The molecule has 138 valence electrons. The maximum Gasteiger partial charge on any atom is 0.263 e. The summed E-state index contributed by atoms with van der Waals surface area (Å²) < 4.78 is 1.58. The molecule has 0 N–H and O–H groups in total. The first-order valence-corrected chi connectivity index (χ1v) is 11.3. The Morgan fingerprint density at radius 1 is 1.33 bits per heavy atom. The minimum Gasteiger partial charge on any atom is -0.310 e. The van der Waals surface area contributed by atoms with Gasteiger partial charge in [0, 0.05) is 23.7 Å². The molecule has 0 saturated heterocycles. The van der Waals surface area contributed by atoms with Gasteiger partial charge in [-0.2, -0.15) is 0 Å². The summed E-state index contributed by atoms with van der Waals surface area (Å²) in [5.74, 6) is 1.14. The first-order chi connectivity index (χ1) is 13.2. The van der Waals surface area contributed by atoms with E-state index in [9.17, 15) is 9.59 Å². The lowest BCUT2D eigenvalue weighted by atomic mass is 10.3. The normalized spacial score (nSPS) is 13.6. The van der Waals surface area contributed by atoms with Crippen molar-refractivity contribution in [3.8, 4) is 0 Å². The monoisotopic (exact) mass is 415 g/mol. The molecule has 5 nitrogen and oxygen atoms in total. The van der Waals surface area contributed by atoms with Crippen LogP contribution in [0.25, 0.3) is 10.2 Å². The third-order valence-electron chi connectivity index (χ3n) is 4.21. The van der Waals surface area contributed by atoms with Crippen LogP contribution in [0.4, 0.5) is 5.69 Å². The Balaban J connectivity index is 1.59. The van der Waals surface area contributed by atoms with E-state index in [1.165, 1.54) is 23.1 Å². The molecule has 8 heteroatoms. The summed E-state index contributed by atoms with van der Waals surface area (Å²) in [6, 6.07) is 9.75. The van der Waals surface area contributed by atoms with E-state index in [0.29, 0.717) is 28.5 Å². The van der Waals surface area contributed by atoms with Crippen molar-refractivity contribution in [1.82, 2.24) is 9.55 Å². The topological polar surface area (TPSA) is 55.2 Å². The number of hydrogen-bond donors (Lipinski definition) is 0. The van der Waals surface area contributed by atoms with Gasteiger partial charge in [0.05, 0.1) is 16.8 Å². The summed E-state index contributed by atoms with van der Waals surface area (Å²) in [5.41, 5.74) is 0.875. The van der Waals surface area contributed by atoms with Gasteiger partial charge in [-0.1, -0.05) is 30.0 Å². The van der Waals surface area contributed by atoms with Gasteiger partial charge < -0.3 is 4.90 Å². The van der Waals surface area contributed by atoms with Crippen LogP contribution in [-0.4, -0.2) is 33.5 Å². The zero-order chi connectivity index (χ0) is 18.8. The van der Waals surface area contributed by atoms with Gasteiger partial charge in [0.25, 0.3) is 5.56 Å². The van der Waals surface area contributed by atoms with Crippen LogP contribution in [-0.2, 0) is 11.3 Å². The number of amides is 1. The van der Waals surface area contributed by atoms with E-state index in [1.54, 1.807) is 28.5 Å². The van der Waals surface area contributed by atoms with E-state index in [1.807, 2.05) is 34.5 Å². The molecule has 4 rings (SSSR count). The Morgan fingerprint density at radius 2 is 2.19 bits per heavy atom. The summed E-state index contributed by atoms with van der Waals surface area (Å²) in [6.45, 7) is 4.79. The Labute approximate surface area is 169 Å². The van der Waals surface area contributed by atoms with Gasteiger partial charge in [-0.15, -0.1) is 29.7 Å².